The molecule has 104 valence electrons. The lowest BCUT2D eigenvalue weighted by molar-refractivity contribution is -0.123. The molecule has 1 heterocycles. The van der Waals surface area contributed by atoms with Crippen molar-refractivity contribution in [2.24, 2.45) is 5.92 Å². The van der Waals surface area contributed by atoms with Crippen molar-refractivity contribution in [3.63, 3.8) is 0 Å². The van der Waals surface area contributed by atoms with Gasteiger partial charge in [0.1, 0.15) is 0 Å². The van der Waals surface area contributed by atoms with Gasteiger partial charge in [0, 0.05) is 18.7 Å². The van der Waals surface area contributed by atoms with Crippen LogP contribution < -0.4 is 5.32 Å². The van der Waals surface area contributed by atoms with E-state index < -0.39 is 0 Å². The zero-order chi connectivity index (χ0) is 13.7. The summed E-state index contributed by atoms with van der Waals surface area (Å²) in [5.41, 5.74) is 1.97. The maximum Gasteiger partial charge on any atom is 0.222 e. The average Bonchev–Trinajstić information content (AvgIpc) is 3.20. The molecule has 1 amide bonds. The molecule has 1 aliphatic rings. The number of ether oxygens (including phenoxy) is 1. The fourth-order valence-electron chi connectivity index (χ4n) is 2.15. The SMILES string of the molecule is CCOCCC(=O)N[C@H](c1cccc(C)n1)C1CC1. The summed E-state index contributed by atoms with van der Waals surface area (Å²) in [5, 5.41) is 3.10. The monoisotopic (exact) mass is 262 g/mol. The largest absolute Gasteiger partial charge is 0.381 e. The first kappa shape index (κ1) is 14.0. The molecule has 0 radical (unpaired) electrons. The highest BCUT2D eigenvalue weighted by molar-refractivity contribution is 5.76. The molecule has 1 fully saturated rings. The minimum absolute atomic E-state index is 0.0497. The summed E-state index contributed by atoms with van der Waals surface area (Å²) in [7, 11) is 0. The van der Waals surface area contributed by atoms with Crippen LogP contribution >= 0.6 is 0 Å². The summed E-state index contributed by atoms with van der Waals surface area (Å²) >= 11 is 0. The molecule has 1 aromatic heterocycles. The number of rotatable bonds is 7. The Bertz CT molecular complexity index is 430. The van der Waals surface area contributed by atoms with Crippen molar-refractivity contribution in [1.29, 1.82) is 0 Å². The summed E-state index contributed by atoms with van der Waals surface area (Å²) in [5.74, 6) is 0.596. The van der Waals surface area contributed by atoms with E-state index >= 15 is 0 Å². The predicted molar refractivity (Wildman–Crippen MR) is 73.7 cm³/mol. The molecule has 0 saturated heterocycles. The van der Waals surface area contributed by atoms with Gasteiger partial charge in [-0.05, 0) is 44.7 Å². The van der Waals surface area contributed by atoms with Gasteiger partial charge in [0.25, 0.3) is 0 Å². The Labute approximate surface area is 114 Å². The normalized spacial score (nSPS) is 16.1. The molecule has 0 spiro atoms. The number of hydrogen-bond donors (Lipinski definition) is 1. The number of carbonyl (C=O) groups is 1. The molecule has 1 atom stereocenters. The fourth-order valence-corrected chi connectivity index (χ4v) is 2.15. The van der Waals surface area contributed by atoms with Gasteiger partial charge in [-0.25, -0.2) is 0 Å². The van der Waals surface area contributed by atoms with Crippen LogP contribution in [0.4, 0.5) is 0 Å². The van der Waals surface area contributed by atoms with Crippen molar-refractivity contribution in [2.75, 3.05) is 13.2 Å². The van der Waals surface area contributed by atoms with E-state index in [1.807, 2.05) is 32.0 Å². The molecule has 4 heteroatoms. The van der Waals surface area contributed by atoms with Crippen LogP contribution in [0.1, 0.15) is 43.6 Å². The number of hydrogen-bond acceptors (Lipinski definition) is 3. The Morgan fingerprint density at radius 1 is 1.53 bits per heavy atom. The molecule has 0 aromatic carbocycles. The van der Waals surface area contributed by atoms with Gasteiger partial charge >= 0.3 is 0 Å². The molecule has 19 heavy (non-hydrogen) atoms. The summed E-state index contributed by atoms with van der Waals surface area (Å²) in [6, 6.07) is 6.04. The molecule has 0 bridgehead atoms. The predicted octanol–water partition coefficient (Wildman–Crippen LogP) is 2.38. The summed E-state index contributed by atoms with van der Waals surface area (Å²) in [6.07, 6.45) is 2.76. The fraction of sp³-hybridized carbons (Fsp3) is 0.600. The van der Waals surface area contributed by atoms with E-state index in [4.69, 9.17) is 4.74 Å². The first-order valence-electron chi connectivity index (χ1n) is 7.01. The highest BCUT2D eigenvalue weighted by atomic mass is 16.5. The molecular formula is C15H22N2O2. The van der Waals surface area contributed by atoms with E-state index in [1.165, 1.54) is 12.8 Å². The number of aryl methyl sites for hydroxylation is 1. The van der Waals surface area contributed by atoms with Gasteiger partial charge in [-0.3, -0.25) is 9.78 Å². The Morgan fingerprint density at radius 2 is 2.32 bits per heavy atom. The first-order chi connectivity index (χ1) is 9.20. The molecular weight excluding hydrogens is 240 g/mol. The van der Waals surface area contributed by atoms with E-state index in [0.717, 1.165) is 11.4 Å². The van der Waals surface area contributed by atoms with E-state index in [0.29, 0.717) is 25.6 Å². The standard InChI is InChI=1S/C15H22N2O2/c1-3-19-10-9-14(18)17-15(12-7-8-12)13-6-4-5-11(2)16-13/h4-6,12,15H,3,7-10H2,1-2H3,(H,17,18)/t15-/m0/s1. The first-order valence-corrected chi connectivity index (χ1v) is 7.01. The third-order valence-electron chi connectivity index (χ3n) is 3.32. The van der Waals surface area contributed by atoms with E-state index in [1.54, 1.807) is 0 Å². The molecule has 0 unspecified atom stereocenters. The third kappa shape index (κ3) is 4.31. The number of aromatic nitrogens is 1. The van der Waals surface area contributed by atoms with Gasteiger partial charge in [-0.2, -0.15) is 0 Å². The van der Waals surface area contributed by atoms with Crippen LogP contribution in [-0.4, -0.2) is 24.1 Å². The number of pyridine rings is 1. The number of carbonyl (C=O) groups excluding carboxylic acids is 1. The molecule has 1 N–H and O–H groups in total. The molecule has 1 saturated carbocycles. The van der Waals surface area contributed by atoms with E-state index in [2.05, 4.69) is 10.3 Å². The zero-order valence-electron chi connectivity index (χ0n) is 11.7. The van der Waals surface area contributed by atoms with Gasteiger partial charge in [-0.1, -0.05) is 6.07 Å². The van der Waals surface area contributed by atoms with Crippen molar-refractivity contribution < 1.29 is 9.53 Å². The van der Waals surface area contributed by atoms with Gasteiger partial charge in [0.15, 0.2) is 0 Å². The number of nitrogens with one attached hydrogen (secondary N) is 1. The number of nitrogens with zero attached hydrogens (tertiary/aromatic N) is 1. The van der Waals surface area contributed by atoms with Crippen LogP contribution in [0.3, 0.4) is 0 Å². The van der Waals surface area contributed by atoms with E-state index in [-0.39, 0.29) is 11.9 Å². The summed E-state index contributed by atoms with van der Waals surface area (Å²) in [6.45, 7) is 5.05. The second-order valence-electron chi connectivity index (χ2n) is 5.03. The molecule has 2 rings (SSSR count). The second kappa shape index (κ2) is 6.66. The Kier molecular flexibility index (Phi) is 4.91. The summed E-state index contributed by atoms with van der Waals surface area (Å²) < 4.78 is 5.21. The Hall–Kier alpha value is -1.42. The zero-order valence-corrected chi connectivity index (χ0v) is 11.7. The molecule has 0 aliphatic heterocycles. The maximum absolute atomic E-state index is 11.9. The Balaban J connectivity index is 1.95. The highest BCUT2D eigenvalue weighted by Crippen LogP contribution is 2.40. The molecule has 4 nitrogen and oxygen atoms in total. The quantitative estimate of drug-likeness (QED) is 0.768. The van der Waals surface area contributed by atoms with Gasteiger partial charge < -0.3 is 10.1 Å². The minimum Gasteiger partial charge on any atom is -0.381 e. The highest BCUT2D eigenvalue weighted by Gasteiger charge is 2.34. The molecule has 1 aromatic rings. The smallest absolute Gasteiger partial charge is 0.222 e. The van der Waals surface area contributed by atoms with Gasteiger partial charge in [-0.15, -0.1) is 0 Å². The third-order valence-corrected chi connectivity index (χ3v) is 3.32. The van der Waals surface area contributed by atoms with Crippen molar-refractivity contribution in [2.45, 2.75) is 39.2 Å². The van der Waals surface area contributed by atoms with Crippen molar-refractivity contribution >= 4 is 5.91 Å². The van der Waals surface area contributed by atoms with Crippen LogP contribution in [0, 0.1) is 12.8 Å². The number of amides is 1. The van der Waals surface area contributed by atoms with Crippen LogP contribution in [0.2, 0.25) is 0 Å². The summed E-state index contributed by atoms with van der Waals surface area (Å²) in [4.78, 5) is 16.4. The lowest BCUT2D eigenvalue weighted by Gasteiger charge is -2.18. The van der Waals surface area contributed by atoms with Crippen molar-refractivity contribution in [1.82, 2.24) is 10.3 Å². The maximum atomic E-state index is 11.9. The van der Waals surface area contributed by atoms with Gasteiger partial charge in [0.2, 0.25) is 5.91 Å². The van der Waals surface area contributed by atoms with Crippen LogP contribution in [0.5, 0.6) is 0 Å². The molecule has 1 aliphatic carbocycles. The van der Waals surface area contributed by atoms with Crippen molar-refractivity contribution in [3.8, 4) is 0 Å². The topological polar surface area (TPSA) is 51.2 Å². The van der Waals surface area contributed by atoms with E-state index in [9.17, 15) is 4.79 Å². The lowest BCUT2D eigenvalue weighted by atomic mass is 10.1. The second-order valence-corrected chi connectivity index (χ2v) is 5.03. The average molecular weight is 262 g/mol. The lowest BCUT2D eigenvalue weighted by Crippen LogP contribution is -2.31. The van der Waals surface area contributed by atoms with Crippen LogP contribution in [0.25, 0.3) is 0 Å². The van der Waals surface area contributed by atoms with Gasteiger partial charge in [0.05, 0.1) is 18.3 Å². The van der Waals surface area contributed by atoms with Crippen molar-refractivity contribution in [3.05, 3.63) is 29.6 Å². The van der Waals surface area contributed by atoms with Crippen LogP contribution in [0.15, 0.2) is 18.2 Å². The minimum atomic E-state index is 0.0497. The van der Waals surface area contributed by atoms with Crippen LogP contribution in [-0.2, 0) is 9.53 Å². The Morgan fingerprint density at radius 3 is 2.95 bits per heavy atom.